The first-order valence-corrected chi connectivity index (χ1v) is 4.28. The first-order chi connectivity index (χ1) is 6.16. The maximum atomic E-state index is 13.1. The topological polar surface area (TPSA) is 26.0 Å². The molecule has 1 aromatic rings. The fourth-order valence-corrected chi connectivity index (χ4v) is 1.33. The summed E-state index contributed by atoms with van der Waals surface area (Å²) in [4.78, 5) is 0. The third-order valence-electron chi connectivity index (χ3n) is 2.13. The van der Waals surface area contributed by atoms with Crippen LogP contribution in [0.25, 0.3) is 0 Å². The van der Waals surface area contributed by atoms with E-state index in [4.69, 9.17) is 5.73 Å². The Bertz CT molecular complexity index is 312. The van der Waals surface area contributed by atoms with Crippen molar-refractivity contribution in [2.75, 3.05) is 0 Å². The molecule has 0 fully saturated rings. The minimum absolute atomic E-state index is 0. The summed E-state index contributed by atoms with van der Waals surface area (Å²) in [6, 6.07) is 4.83. The quantitative estimate of drug-likeness (QED) is 0.771. The molecule has 1 atom stereocenters. The van der Waals surface area contributed by atoms with E-state index in [0.29, 0.717) is 12.0 Å². The van der Waals surface area contributed by atoms with Crippen LogP contribution in [-0.4, -0.2) is 0 Å². The van der Waals surface area contributed by atoms with E-state index in [1.54, 1.807) is 19.1 Å². The molecule has 78 valence electrons. The highest BCUT2D eigenvalue weighted by molar-refractivity contribution is 5.85. The van der Waals surface area contributed by atoms with Gasteiger partial charge in [0.15, 0.2) is 0 Å². The Morgan fingerprint density at radius 3 is 2.79 bits per heavy atom. The van der Waals surface area contributed by atoms with E-state index >= 15 is 0 Å². The largest absolute Gasteiger partial charge is 0.324 e. The summed E-state index contributed by atoms with van der Waals surface area (Å²) in [5, 5.41) is 0. The Balaban J connectivity index is 0.00000169. The second-order valence-corrected chi connectivity index (χ2v) is 3.08. The first-order valence-electron chi connectivity index (χ1n) is 4.28. The minimum Gasteiger partial charge on any atom is -0.324 e. The molecule has 2 N–H and O–H groups in total. The third-order valence-corrected chi connectivity index (χ3v) is 2.13. The Labute approximate surface area is 90.2 Å². The number of hydrogen-bond acceptors (Lipinski definition) is 1. The van der Waals surface area contributed by atoms with Gasteiger partial charge < -0.3 is 5.73 Å². The van der Waals surface area contributed by atoms with Gasteiger partial charge in [0.05, 0.1) is 0 Å². The van der Waals surface area contributed by atoms with Crippen LogP contribution in [0, 0.1) is 12.7 Å². The van der Waals surface area contributed by atoms with Crippen LogP contribution in [0.1, 0.15) is 23.6 Å². The number of nitrogens with two attached hydrogens (primary N) is 1. The molecule has 0 amide bonds. The molecule has 0 saturated heterocycles. The van der Waals surface area contributed by atoms with Crippen molar-refractivity contribution >= 4 is 12.4 Å². The lowest BCUT2D eigenvalue weighted by molar-refractivity contribution is 0.608. The molecule has 0 bridgehead atoms. The molecular weight excluding hydrogens is 201 g/mol. The highest BCUT2D eigenvalue weighted by atomic mass is 35.5. The Kier molecular flexibility index (Phi) is 5.43. The average Bonchev–Trinajstić information content (AvgIpc) is 2.10. The van der Waals surface area contributed by atoms with Gasteiger partial charge in [0.1, 0.15) is 5.82 Å². The van der Waals surface area contributed by atoms with Crippen molar-refractivity contribution in [3.8, 4) is 0 Å². The summed E-state index contributed by atoms with van der Waals surface area (Å²) in [7, 11) is 0. The Morgan fingerprint density at radius 2 is 2.21 bits per heavy atom. The number of halogens is 2. The molecule has 0 spiro atoms. The van der Waals surface area contributed by atoms with Crippen molar-refractivity contribution in [2.45, 2.75) is 19.4 Å². The molecule has 0 radical (unpaired) electrons. The number of hydrogen-bond donors (Lipinski definition) is 1. The van der Waals surface area contributed by atoms with Gasteiger partial charge in [-0.3, -0.25) is 0 Å². The molecule has 0 aliphatic heterocycles. The molecule has 3 heteroatoms. The average molecular weight is 216 g/mol. The van der Waals surface area contributed by atoms with Gasteiger partial charge in [0, 0.05) is 6.04 Å². The van der Waals surface area contributed by atoms with Gasteiger partial charge >= 0.3 is 0 Å². The highest BCUT2D eigenvalue weighted by Crippen LogP contribution is 2.20. The van der Waals surface area contributed by atoms with Crippen LogP contribution in [0.3, 0.4) is 0 Å². The molecule has 1 rings (SSSR count). The monoisotopic (exact) mass is 215 g/mol. The molecule has 14 heavy (non-hydrogen) atoms. The Morgan fingerprint density at radius 1 is 1.57 bits per heavy atom. The summed E-state index contributed by atoms with van der Waals surface area (Å²) in [6.45, 7) is 5.35. The van der Waals surface area contributed by atoms with Crippen LogP contribution in [0.15, 0.2) is 30.9 Å². The van der Waals surface area contributed by atoms with Gasteiger partial charge in [-0.25, -0.2) is 4.39 Å². The zero-order valence-electron chi connectivity index (χ0n) is 8.16. The highest BCUT2D eigenvalue weighted by Gasteiger charge is 2.09. The molecule has 1 nitrogen and oxygen atoms in total. The molecule has 0 aliphatic carbocycles. The van der Waals surface area contributed by atoms with Crippen LogP contribution < -0.4 is 5.73 Å². The summed E-state index contributed by atoms with van der Waals surface area (Å²) in [6.07, 6.45) is 2.42. The Hall–Kier alpha value is -0.860. The SMILES string of the molecule is C=CC[C@@H](N)c1cccc(F)c1C.Cl. The van der Waals surface area contributed by atoms with E-state index in [-0.39, 0.29) is 24.3 Å². The fourth-order valence-electron chi connectivity index (χ4n) is 1.33. The van der Waals surface area contributed by atoms with E-state index in [1.807, 2.05) is 6.07 Å². The molecule has 1 aromatic carbocycles. The lowest BCUT2D eigenvalue weighted by Gasteiger charge is -2.12. The minimum atomic E-state index is -0.197. The van der Waals surface area contributed by atoms with Gasteiger partial charge in [-0.15, -0.1) is 19.0 Å². The van der Waals surface area contributed by atoms with Crippen LogP contribution in [0.2, 0.25) is 0 Å². The predicted molar refractivity (Wildman–Crippen MR) is 60.1 cm³/mol. The van der Waals surface area contributed by atoms with Gasteiger partial charge in [-0.05, 0) is 30.5 Å². The van der Waals surface area contributed by atoms with E-state index in [9.17, 15) is 4.39 Å². The zero-order valence-corrected chi connectivity index (χ0v) is 8.98. The van der Waals surface area contributed by atoms with Crippen LogP contribution >= 0.6 is 12.4 Å². The first kappa shape index (κ1) is 13.1. The summed E-state index contributed by atoms with van der Waals surface area (Å²) >= 11 is 0. The van der Waals surface area contributed by atoms with Crippen molar-refractivity contribution < 1.29 is 4.39 Å². The fraction of sp³-hybridized carbons (Fsp3) is 0.273. The third kappa shape index (κ3) is 2.82. The zero-order chi connectivity index (χ0) is 9.84. The van der Waals surface area contributed by atoms with E-state index in [2.05, 4.69) is 6.58 Å². The molecule has 0 saturated carbocycles. The molecular formula is C11H15ClFN. The summed E-state index contributed by atoms with van der Waals surface area (Å²) < 4.78 is 13.1. The van der Waals surface area contributed by atoms with Crippen molar-refractivity contribution in [2.24, 2.45) is 5.73 Å². The molecule has 0 heterocycles. The number of rotatable bonds is 3. The molecule has 0 unspecified atom stereocenters. The van der Waals surface area contributed by atoms with E-state index in [1.165, 1.54) is 6.07 Å². The van der Waals surface area contributed by atoms with Crippen molar-refractivity contribution in [1.82, 2.24) is 0 Å². The predicted octanol–water partition coefficient (Wildman–Crippen LogP) is 3.13. The van der Waals surface area contributed by atoms with E-state index < -0.39 is 0 Å². The van der Waals surface area contributed by atoms with Crippen molar-refractivity contribution in [3.05, 3.63) is 47.8 Å². The second-order valence-electron chi connectivity index (χ2n) is 3.08. The van der Waals surface area contributed by atoms with E-state index in [0.717, 1.165) is 5.56 Å². The van der Waals surface area contributed by atoms with Crippen LogP contribution in [0.4, 0.5) is 4.39 Å². The molecule has 0 aromatic heterocycles. The van der Waals surface area contributed by atoms with Gasteiger partial charge in [0.2, 0.25) is 0 Å². The maximum absolute atomic E-state index is 13.1. The van der Waals surface area contributed by atoms with Gasteiger partial charge in [-0.2, -0.15) is 0 Å². The molecule has 0 aliphatic rings. The van der Waals surface area contributed by atoms with Crippen LogP contribution in [-0.2, 0) is 0 Å². The normalized spacial score (nSPS) is 11.6. The standard InChI is InChI=1S/C11H14FN.ClH/c1-3-5-11(13)9-6-4-7-10(12)8(9)2;/h3-4,6-7,11H,1,5,13H2,2H3;1H/t11-;/m1./s1. The number of benzene rings is 1. The lowest BCUT2D eigenvalue weighted by atomic mass is 9.99. The summed E-state index contributed by atoms with van der Waals surface area (Å²) in [5.74, 6) is -0.197. The van der Waals surface area contributed by atoms with Gasteiger partial charge in [0.25, 0.3) is 0 Å². The van der Waals surface area contributed by atoms with Crippen molar-refractivity contribution in [1.29, 1.82) is 0 Å². The summed E-state index contributed by atoms with van der Waals surface area (Å²) in [5.41, 5.74) is 7.33. The van der Waals surface area contributed by atoms with Gasteiger partial charge in [-0.1, -0.05) is 18.2 Å². The maximum Gasteiger partial charge on any atom is 0.126 e. The smallest absolute Gasteiger partial charge is 0.126 e. The van der Waals surface area contributed by atoms with Crippen LogP contribution in [0.5, 0.6) is 0 Å². The lowest BCUT2D eigenvalue weighted by Crippen LogP contribution is -2.11. The second kappa shape index (κ2) is 5.78. The van der Waals surface area contributed by atoms with Crippen molar-refractivity contribution in [3.63, 3.8) is 0 Å².